The van der Waals surface area contributed by atoms with Gasteiger partial charge >= 0.3 is 5.97 Å². The minimum absolute atomic E-state index is 0.133. The van der Waals surface area contributed by atoms with Crippen molar-refractivity contribution in [1.29, 1.82) is 0 Å². The lowest BCUT2D eigenvalue weighted by atomic mass is 9.95. The molecule has 1 saturated carbocycles. The number of nitrogens with two attached hydrogens (primary N) is 1. The van der Waals surface area contributed by atoms with Crippen LogP contribution in [0.4, 0.5) is 0 Å². The first-order chi connectivity index (χ1) is 7.09. The molecule has 0 aliphatic heterocycles. The lowest BCUT2D eigenvalue weighted by molar-refractivity contribution is -0.140. The van der Waals surface area contributed by atoms with Crippen LogP contribution in [0.3, 0.4) is 0 Å². The Morgan fingerprint density at radius 1 is 1.33 bits per heavy atom. The summed E-state index contributed by atoms with van der Waals surface area (Å²) in [6.07, 6.45) is 5.35. The Balaban J connectivity index is 2.25. The van der Waals surface area contributed by atoms with Crippen molar-refractivity contribution in [3.8, 4) is 0 Å². The van der Waals surface area contributed by atoms with Gasteiger partial charge < -0.3 is 16.2 Å². The van der Waals surface area contributed by atoms with Gasteiger partial charge in [-0.15, -0.1) is 0 Å². The first-order valence-electron chi connectivity index (χ1n) is 5.37. The number of rotatable bonds is 4. The summed E-state index contributed by atoms with van der Waals surface area (Å²) in [6, 6.07) is -0.874. The van der Waals surface area contributed by atoms with Gasteiger partial charge in [-0.25, -0.2) is 0 Å². The van der Waals surface area contributed by atoms with Crippen molar-refractivity contribution in [2.75, 3.05) is 0 Å². The quantitative estimate of drug-likeness (QED) is 0.625. The van der Waals surface area contributed by atoms with E-state index in [1.54, 1.807) is 0 Å². The molecule has 0 aromatic carbocycles. The lowest BCUT2D eigenvalue weighted by Crippen LogP contribution is -2.41. The van der Waals surface area contributed by atoms with Crippen LogP contribution < -0.4 is 11.1 Å². The molecule has 4 N–H and O–H groups in total. The van der Waals surface area contributed by atoms with Crippen LogP contribution in [0.1, 0.15) is 38.5 Å². The van der Waals surface area contributed by atoms with E-state index in [4.69, 9.17) is 10.8 Å². The van der Waals surface area contributed by atoms with Crippen LogP contribution in [0.25, 0.3) is 0 Å². The van der Waals surface area contributed by atoms with Crippen LogP contribution in [-0.4, -0.2) is 29.1 Å². The zero-order chi connectivity index (χ0) is 11.3. The molecule has 0 aromatic rings. The minimum Gasteiger partial charge on any atom is -0.480 e. The molecular weight excluding hydrogens is 196 g/mol. The Labute approximate surface area is 89.0 Å². The Kier molecular flexibility index (Phi) is 4.55. The van der Waals surface area contributed by atoms with Crippen LogP contribution in [-0.2, 0) is 9.59 Å². The summed E-state index contributed by atoms with van der Waals surface area (Å²) in [4.78, 5) is 21.8. The summed E-state index contributed by atoms with van der Waals surface area (Å²) in [7, 11) is 0. The average molecular weight is 214 g/mol. The molecule has 1 fully saturated rings. The minimum atomic E-state index is -1.13. The number of nitrogens with one attached hydrogen (secondary N) is 1. The van der Waals surface area contributed by atoms with Gasteiger partial charge in [0.15, 0.2) is 0 Å². The zero-order valence-corrected chi connectivity index (χ0v) is 8.74. The van der Waals surface area contributed by atoms with Crippen molar-refractivity contribution >= 4 is 11.9 Å². The third kappa shape index (κ3) is 4.29. The fourth-order valence-corrected chi connectivity index (χ4v) is 1.82. The highest BCUT2D eigenvalue weighted by molar-refractivity contribution is 5.84. The Morgan fingerprint density at radius 2 is 1.93 bits per heavy atom. The second kappa shape index (κ2) is 5.70. The monoisotopic (exact) mass is 214 g/mol. The second-order valence-electron chi connectivity index (χ2n) is 4.05. The molecule has 5 nitrogen and oxygen atoms in total. The number of amides is 1. The first kappa shape index (κ1) is 12.0. The van der Waals surface area contributed by atoms with Crippen LogP contribution in [0.15, 0.2) is 0 Å². The van der Waals surface area contributed by atoms with Gasteiger partial charge in [-0.1, -0.05) is 19.3 Å². The lowest BCUT2D eigenvalue weighted by Gasteiger charge is -2.23. The molecule has 0 aromatic heterocycles. The predicted molar refractivity (Wildman–Crippen MR) is 55.2 cm³/mol. The number of carboxylic acids is 1. The van der Waals surface area contributed by atoms with Crippen molar-refractivity contribution < 1.29 is 14.7 Å². The highest BCUT2D eigenvalue weighted by atomic mass is 16.4. The maximum Gasteiger partial charge on any atom is 0.321 e. The molecule has 1 atom stereocenters. The average Bonchev–Trinajstić information content (AvgIpc) is 2.18. The molecule has 1 amide bonds. The van der Waals surface area contributed by atoms with E-state index in [0.717, 1.165) is 25.7 Å². The molecule has 0 bridgehead atoms. The topological polar surface area (TPSA) is 92.4 Å². The van der Waals surface area contributed by atoms with E-state index >= 15 is 0 Å². The first-order valence-corrected chi connectivity index (χ1v) is 5.37. The van der Waals surface area contributed by atoms with Gasteiger partial charge in [-0.2, -0.15) is 0 Å². The van der Waals surface area contributed by atoms with E-state index in [9.17, 15) is 9.59 Å². The van der Waals surface area contributed by atoms with Crippen molar-refractivity contribution in [2.24, 2.45) is 5.73 Å². The molecule has 0 unspecified atom stereocenters. The molecule has 5 heteroatoms. The van der Waals surface area contributed by atoms with Crippen LogP contribution in [0.2, 0.25) is 0 Å². The van der Waals surface area contributed by atoms with E-state index in [0.29, 0.717) is 0 Å². The number of hydrogen-bond donors (Lipinski definition) is 3. The highest BCUT2D eigenvalue weighted by Crippen LogP contribution is 2.17. The number of aliphatic carboxylic acids is 1. The summed E-state index contributed by atoms with van der Waals surface area (Å²) < 4.78 is 0. The Morgan fingerprint density at radius 3 is 2.47 bits per heavy atom. The highest BCUT2D eigenvalue weighted by Gasteiger charge is 2.19. The molecular formula is C10H18N2O3. The van der Waals surface area contributed by atoms with Gasteiger partial charge in [-0.3, -0.25) is 9.59 Å². The fourth-order valence-electron chi connectivity index (χ4n) is 1.82. The normalized spacial score (nSPS) is 19.5. The Hall–Kier alpha value is -1.10. The molecule has 1 aliphatic rings. The second-order valence-corrected chi connectivity index (χ2v) is 4.05. The van der Waals surface area contributed by atoms with Gasteiger partial charge in [0.05, 0.1) is 6.42 Å². The number of carboxylic acid groups (broad SMARTS) is 1. The molecule has 0 heterocycles. The summed E-state index contributed by atoms with van der Waals surface area (Å²) in [5.74, 6) is -1.38. The fraction of sp³-hybridized carbons (Fsp3) is 0.800. The zero-order valence-electron chi connectivity index (χ0n) is 8.74. The standard InChI is InChI=1S/C10H18N2O3/c11-8(10(14)15)6-9(13)12-7-4-2-1-3-5-7/h7-8H,1-6,11H2,(H,12,13)(H,14,15)/t8-/m0/s1. The van der Waals surface area contributed by atoms with Gasteiger partial charge in [-0.05, 0) is 12.8 Å². The summed E-state index contributed by atoms with van der Waals surface area (Å²) in [5.41, 5.74) is 5.26. The summed E-state index contributed by atoms with van der Waals surface area (Å²) in [6.45, 7) is 0. The molecule has 1 aliphatic carbocycles. The SMILES string of the molecule is N[C@@H](CC(=O)NC1CCCCC1)C(=O)O. The molecule has 15 heavy (non-hydrogen) atoms. The number of carbonyl (C=O) groups is 2. The predicted octanol–water partition coefficient (Wildman–Crippen LogP) is 0.237. The summed E-state index contributed by atoms with van der Waals surface area (Å²) in [5, 5.41) is 11.4. The van der Waals surface area contributed by atoms with Crippen LogP contribution >= 0.6 is 0 Å². The molecule has 86 valence electrons. The van der Waals surface area contributed by atoms with E-state index in [2.05, 4.69) is 5.32 Å². The van der Waals surface area contributed by atoms with Gasteiger partial charge in [0.1, 0.15) is 6.04 Å². The van der Waals surface area contributed by atoms with Crippen molar-refractivity contribution in [3.63, 3.8) is 0 Å². The van der Waals surface area contributed by atoms with Crippen molar-refractivity contribution in [1.82, 2.24) is 5.32 Å². The van der Waals surface area contributed by atoms with Gasteiger partial charge in [0, 0.05) is 6.04 Å². The van der Waals surface area contributed by atoms with Gasteiger partial charge in [0.2, 0.25) is 5.91 Å². The summed E-state index contributed by atoms with van der Waals surface area (Å²) >= 11 is 0. The number of hydrogen-bond acceptors (Lipinski definition) is 3. The maximum absolute atomic E-state index is 11.4. The molecule has 1 rings (SSSR count). The molecule has 0 spiro atoms. The van der Waals surface area contributed by atoms with Crippen molar-refractivity contribution in [3.05, 3.63) is 0 Å². The maximum atomic E-state index is 11.4. The van der Waals surface area contributed by atoms with E-state index < -0.39 is 12.0 Å². The van der Waals surface area contributed by atoms with Crippen molar-refractivity contribution in [2.45, 2.75) is 50.6 Å². The number of carbonyl (C=O) groups excluding carboxylic acids is 1. The van der Waals surface area contributed by atoms with Crippen LogP contribution in [0.5, 0.6) is 0 Å². The smallest absolute Gasteiger partial charge is 0.321 e. The third-order valence-corrected chi connectivity index (χ3v) is 2.69. The molecule has 0 radical (unpaired) electrons. The van der Waals surface area contributed by atoms with E-state index in [-0.39, 0.29) is 18.4 Å². The van der Waals surface area contributed by atoms with Crippen LogP contribution in [0, 0.1) is 0 Å². The molecule has 0 saturated heterocycles. The van der Waals surface area contributed by atoms with E-state index in [1.807, 2.05) is 0 Å². The largest absolute Gasteiger partial charge is 0.480 e. The Bertz CT molecular complexity index is 237. The third-order valence-electron chi connectivity index (χ3n) is 2.69. The van der Waals surface area contributed by atoms with E-state index in [1.165, 1.54) is 6.42 Å². The van der Waals surface area contributed by atoms with Gasteiger partial charge in [0.25, 0.3) is 0 Å².